The Labute approximate surface area is 84.6 Å². The molecule has 70 valence electrons. The second kappa shape index (κ2) is 3.35. The van der Waals surface area contributed by atoms with Crippen LogP contribution in [0.5, 0.6) is 0 Å². The molecule has 0 fully saturated rings. The summed E-state index contributed by atoms with van der Waals surface area (Å²) >= 11 is 1.44. The van der Waals surface area contributed by atoms with Crippen LogP contribution >= 0.6 is 11.3 Å². The fraction of sp³-hybridized carbons (Fsp3) is 0.200. The molecule has 2 rings (SSSR count). The van der Waals surface area contributed by atoms with E-state index in [2.05, 4.69) is 4.98 Å². The first-order chi connectivity index (χ1) is 6.74. The minimum atomic E-state index is -0.407. The SMILES string of the molecule is CCc1nc2c(F)cc(C#N)cc2s1. The van der Waals surface area contributed by atoms with E-state index in [4.69, 9.17) is 5.26 Å². The first-order valence-electron chi connectivity index (χ1n) is 4.23. The molecule has 0 amide bonds. The molecule has 0 saturated heterocycles. The molecule has 0 unspecified atom stereocenters. The summed E-state index contributed by atoms with van der Waals surface area (Å²) in [7, 11) is 0. The molecule has 0 atom stereocenters. The van der Waals surface area contributed by atoms with Crippen molar-refractivity contribution in [3.63, 3.8) is 0 Å². The van der Waals surface area contributed by atoms with Crippen LogP contribution < -0.4 is 0 Å². The maximum absolute atomic E-state index is 13.4. The summed E-state index contributed by atoms with van der Waals surface area (Å²) in [6.07, 6.45) is 0.792. The van der Waals surface area contributed by atoms with E-state index in [0.717, 1.165) is 16.1 Å². The van der Waals surface area contributed by atoms with Gasteiger partial charge >= 0.3 is 0 Å². The Balaban J connectivity index is 2.75. The summed E-state index contributed by atoms with van der Waals surface area (Å²) in [5, 5.41) is 9.55. The zero-order valence-electron chi connectivity index (χ0n) is 7.54. The lowest BCUT2D eigenvalue weighted by molar-refractivity contribution is 0.636. The molecule has 0 bridgehead atoms. The van der Waals surface area contributed by atoms with Crippen LogP contribution in [0.2, 0.25) is 0 Å². The third-order valence-electron chi connectivity index (χ3n) is 1.92. The second-order valence-corrected chi connectivity index (χ2v) is 3.99. The number of thiazole rings is 1. The van der Waals surface area contributed by atoms with Gasteiger partial charge in [-0.1, -0.05) is 6.92 Å². The monoisotopic (exact) mass is 206 g/mol. The molecule has 0 spiro atoms. The van der Waals surface area contributed by atoms with Gasteiger partial charge in [0.05, 0.1) is 21.3 Å². The maximum atomic E-state index is 13.4. The molecule has 0 N–H and O–H groups in total. The number of aryl methyl sites for hydroxylation is 1. The Morgan fingerprint density at radius 1 is 1.57 bits per heavy atom. The van der Waals surface area contributed by atoms with Crippen LogP contribution in [0.1, 0.15) is 17.5 Å². The van der Waals surface area contributed by atoms with Gasteiger partial charge in [-0.15, -0.1) is 11.3 Å². The van der Waals surface area contributed by atoms with Crippen LogP contribution in [0, 0.1) is 17.1 Å². The van der Waals surface area contributed by atoms with Gasteiger partial charge in [0.25, 0.3) is 0 Å². The van der Waals surface area contributed by atoms with Gasteiger partial charge in [-0.05, 0) is 18.6 Å². The summed E-state index contributed by atoms with van der Waals surface area (Å²) in [5.74, 6) is -0.407. The Morgan fingerprint density at radius 2 is 2.36 bits per heavy atom. The minimum Gasteiger partial charge on any atom is -0.238 e. The van der Waals surface area contributed by atoms with Crippen molar-refractivity contribution in [2.75, 3.05) is 0 Å². The van der Waals surface area contributed by atoms with Crippen molar-refractivity contribution < 1.29 is 4.39 Å². The van der Waals surface area contributed by atoms with Crippen LogP contribution in [-0.4, -0.2) is 4.98 Å². The van der Waals surface area contributed by atoms with Crippen molar-refractivity contribution in [1.29, 1.82) is 5.26 Å². The molecule has 0 aliphatic heterocycles. The summed E-state index contributed by atoms with van der Waals surface area (Å²) in [6, 6.07) is 4.83. The number of hydrogen-bond donors (Lipinski definition) is 0. The molecule has 2 aromatic rings. The third-order valence-corrected chi connectivity index (χ3v) is 3.07. The molecule has 0 aliphatic carbocycles. The molecule has 14 heavy (non-hydrogen) atoms. The first-order valence-corrected chi connectivity index (χ1v) is 5.05. The van der Waals surface area contributed by atoms with Gasteiger partial charge in [0.2, 0.25) is 0 Å². The Kier molecular flexibility index (Phi) is 2.18. The van der Waals surface area contributed by atoms with Gasteiger partial charge in [-0.2, -0.15) is 5.26 Å². The normalized spacial score (nSPS) is 10.4. The van der Waals surface area contributed by atoms with Crippen molar-refractivity contribution >= 4 is 21.6 Å². The smallest absolute Gasteiger partial charge is 0.151 e. The van der Waals surface area contributed by atoms with E-state index in [0.29, 0.717) is 11.1 Å². The topological polar surface area (TPSA) is 36.7 Å². The molecule has 0 saturated carbocycles. The highest BCUT2D eigenvalue weighted by atomic mass is 32.1. The number of halogens is 1. The molecule has 4 heteroatoms. The van der Waals surface area contributed by atoms with E-state index in [1.807, 2.05) is 13.0 Å². The summed E-state index contributed by atoms with van der Waals surface area (Å²) < 4.78 is 14.1. The van der Waals surface area contributed by atoms with E-state index in [9.17, 15) is 4.39 Å². The number of rotatable bonds is 1. The van der Waals surface area contributed by atoms with Gasteiger partial charge < -0.3 is 0 Å². The Bertz CT molecular complexity index is 525. The largest absolute Gasteiger partial charge is 0.238 e. The molecular formula is C10H7FN2S. The van der Waals surface area contributed by atoms with Crippen molar-refractivity contribution in [3.8, 4) is 6.07 Å². The predicted molar refractivity (Wildman–Crippen MR) is 53.7 cm³/mol. The number of benzene rings is 1. The number of hydrogen-bond acceptors (Lipinski definition) is 3. The molecule has 1 heterocycles. The highest BCUT2D eigenvalue weighted by Gasteiger charge is 2.08. The van der Waals surface area contributed by atoms with Crippen LogP contribution in [0.4, 0.5) is 4.39 Å². The highest BCUT2D eigenvalue weighted by Crippen LogP contribution is 2.25. The van der Waals surface area contributed by atoms with Crippen LogP contribution in [0.3, 0.4) is 0 Å². The lowest BCUT2D eigenvalue weighted by Crippen LogP contribution is -1.82. The van der Waals surface area contributed by atoms with Crippen molar-refractivity contribution in [3.05, 3.63) is 28.5 Å². The number of nitrogens with zero attached hydrogens (tertiary/aromatic N) is 2. The Morgan fingerprint density at radius 3 is 3.00 bits per heavy atom. The molecule has 1 aromatic carbocycles. The van der Waals surface area contributed by atoms with Gasteiger partial charge in [0.15, 0.2) is 5.82 Å². The summed E-state index contributed by atoms with van der Waals surface area (Å²) in [5.41, 5.74) is 0.729. The predicted octanol–water partition coefficient (Wildman–Crippen LogP) is 2.87. The zero-order valence-corrected chi connectivity index (χ0v) is 8.36. The minimum absolute atomic E-state index is 0.348. The first kappa shape index (κ1) is 9.10. The van der Waals surface area contributed by atoms with E-state index >= 15 is 0 Å². The van der Waals surface area contributed by atoms with Crippen molar-refractivity contribution in [2.45, 2.75) is 13.3 Å². The number of aromatic nitrogens is 1. The maximum Gasteiger partial charge on any atom is 0.151 e. The van der Waals surface area contributed by atoms with Gasteiger partial charge in [0.1, 0.15) is 5.52 Å². The second-order valence-electron chi connectivity index (χ2n) is 2.88. The van der Waals surface area contributed by atoms with E-state index in [1.165, 1.54) is 17.4 Å². The zero-order chi connectivity index (χ0) is 10.1. The summed E-state index contributed by atoms with van der Waals surface area (Å²) in [6.45, 7) is 1.97. The van der Waals surface area contributed by atoms with Gasteiger partial charge in [-0.25, -0.2) is 9.37 Å². The number of fused-ring (bicyclic) bond motifs is 1. The van der Waals surface area contributed by atoms with Crippen LogP contribution in [0.15, 0.2) is 12.1 Å². The fourth-order valence-electron chi connectivity index (χ4n) is 1.25. The molecule has 2 nitrogen and oxygen atoms in total. The van der Waals surface area contributed by atoms with Crippen LogP contribution in [0.25, 0.3) is 10.2 Å². The Hall–Kier alpha value is -1.47. The van der Waals surface area contributed by atoms with Crippen molar-refractivity contribution in [1.82, 2.24) is 4.98 Å². The van der Waals surface area contributed by atoms with E-state index < -0.39 is 5.82 Å². The lowest BCUT2D eigenvalue weighted by atomic mass is 10.2. The standard InChI is InChI=1S/C10H7FN2S/c1-2-9-13-10-7(11)3-6(5-12)4-8(10)14-9/h3-4H,2H2,1H3. The third kappa shape index (κ3) is 1.36. The molecule has 1 aromatic heterocycles. The molecular weight excluding hydrogens is 199 g/mol. The van der Waals surface area contributed by atoms with Gasteiger partial charge in [-0.3, -0.25) is 0 Å². The van der Waals surface area contributed by atoms with Crippen molar-refractivity contribution in [2.24, 2.45) is 0 Å². The quantitative estimate of drug-likeness (QED) is 0.719. The molecule has 0 radical (unpaired) electrons. The van der Waals surface area contributed by atoms with Crippen LogP contribution in [-0.2, 0) is 6.42 Å². The average Bonchev–Trinajstić information content (AvgIpc) is 2.61. The molecule has 0 aliphatic rings. The fourth-order valence-corrected chi connectivity index (χ4v) is 2.21. The highest BCUT2D eigenvalue weighted by molar-refractivity contribution is 7.18. The lowest BCUT2D eigenvalue weighted by Gasteiger charge is -1.91. The van der Waals surface area contributed by atoms with E-state index in [-0.39, 0.29) is 0 Å². The van der Waals surface area contributed by atoms with E-state index in [1.54, 1.807) is 6.07 Å². The average molecular weight is 206 g/mol. The summed E-state index contributed by atoms with van der Waals surface area (Å²) in [4.78, 5) is 4.14. The number of nitriles is 1. The van der Waals surface area contributed by atoms with Gasteiger partial charge in [0, 0.05) is 0 Å².